The summed E-state index contributed by atoms with van der Waals surface area (Å²) in [6, 6.07) is 5.51. The second-order valence-electron chi connectivity index (χ2n) is 4.36. The first kappa shape index (κ1) is 13.6. The predicted molar refractivity (Wildman–Crippen MR) is 74.9 cm³/mol. The van der Waals surface area contributed by atoms with Crippen molar-refractivity contribution in [3.8, 4) is 5.69 Å². The highest BCUT2D eigenvalue weighted by molar-refractivity contribution is 9.10. The van der Waals surface area contributed by atoms with E-state index in [1.54, 1.807) is 6.92 Å². The van der Waals surface area contributed by atoms with Crippen LogP contribution in [0, 0.1) is 13.8 Å². The number of carbonyl (C=O) groups is 1. The molecule has 1 aromatic carbocycles. The van der Waals surface area contributed by atoms with E-state index in [0.29, 0.717) is 11.4 Å². The minimum Gasteiger partial charge on any atom is -0.481 e. The van der Waals surface area contributed by atoms with Gasteiger partial charge in [-0.1, -0.05) is 22.0 Å². The van der Waals surface area contributed by atoms with Crippen molar-refractivity contribution in [3.05, 3.63) is 49.8 Å². The van der Waals surface area contributed by atoms with Crippen LogP contribution in [-0.4, -0.2) is 20.9 Å². The molecule has 100 valence electrons. The first-order valence-electron chi connectivity index (χ1n) is 5.69. The van der Waals surface area contributed by atoms with E-state index in [0.717, 1.165) is 10.0 Å². The van der Waals surface area contributed by atoms with Crippen LogP contribution in [-0.2, 0) is 11.2 Å². The van der Waals surface area contributed by atoms with Crippen LogP contribution in [0.5, 0.6) is 0 Å². The lowest BCUT2D eigenvalue weighted by atomic mass is 10.2. The molecule has 1 heterocycles. The minimum absolute atomic E-state index is 0.277. The van der Waals surface area contributed by atoms with Gasteiger partial charge in [0.15, 0.2) is 0 Å². The summed E-state index contributed by atoms with van der Waals surface area (Å²) in [4.78, 5) is 22.9. The standard InChI is InChI=1S/C13H13BrN2O3/c1-7-3-4-9(5-11(7)14)16-13(19)10(6-12(17)18)8(2)15-16/h3-5,15H,6H2,1-2H3,(H,17,18). The Kier molecular flexibility index (Phi) is 3.61. The highest BCUT2D eigenvalue weighted by Gasteiger charge is 2.15. The van der Waals surface area contributed by atoms with Crippen molar-refractivity contribution in [2.45, 2.75) is 20.3 Å². The number of carboxylic acids is 1. The Balaban J connectivity index is 2.54. The van der Waals surface area contributed by atoms with E-state index in [1.807, 2.05) is 25.1 Å². The lowest BCUT2D eigenvalue weighted by molar-refractivity contribution is -0.136. The highest BCUT2D eigenvalue weighted by atomic mass is 79.9. The van der Waals surface area contributed by atoms with Crippen molar-refractivity contribution in [2.75, 3.05) is 0 Å². The number of aromatic amines is 1. The normalized spacial score (nSPS) is 10.7. The number of nitrogens with one attached hydrogen (secondary N) is 1. The van der Waals surface area contributed by atoms with E-state index in [1.165, 1.54) is 4.68 Å². The molecule has 0 radical (unpaired) electrons. The third kappa shape index (κ3) is 2.63. The lowest BCUT2D eigenvalue weighted by Gasteiger charge is -2.04. The first-order valence-corrected chi connectivity index (χ1v) is 6.48. The van der Waals surface area contributed by atoms with E-state index in [9.17, 15) is 9.59 Å². The summed E-state index contributed by atoms with van der Waals surface area (Å²) in [7, 11) is 0. The number of aliphatic carboxylic acids is 1. The maximum atomic E-state index is 12.2. The number of hydrogen-bond acceptors (Lipinski definition) is 2. The van der Waals surface area contributed by atoms with E-state index in [2.05, 4.69) is 21.0 Å². The van der Waals surface area contributed by atoms with Crippen LogP contribution in [0.25, 0.3) is 5.69 Å². The van der Waals surface area contributed by atoms with Gasteiger partial charge < -0.3 is 5.11 Å². The van der Waals surface area contributed by atoms with Crippen molar-refractivity contribution in [1.82, 2.24) is 9.78 Å². The molecule has 0 saturated carbocycles. The van der Waals surface area contributed by atoms with Crippen LogP contribution < -0.4 is 5.56 Å². The third-order valence-electron chi connectivity index (χ3n) is 2.94. The third-order valence-corrected chi connectivity index (χ3v) is 3.79. The summed E-state index contributed by atoms with van der Waals surface area (Å²) in [6.45, 7) is 3.64. The predicted octanol–water partition coefficient (Wildman–Crippen LogP) is 2.17. The Morgan fingerprint density at radius 2 is 2.11 bits per heavy atom. The van der Waals surface area contributed by atoms with Gasteiger partial charge in [0.05, 0.1) is 17.7 Å². The summed E-state index contributed by atoms with van der Waals surface area (Å²) in [6.07, 6.45) is -0.277. The largest absolute Gasteiger partial charge is 0.481 e. The Bertz CT molecular complexity index is 700. The quantitative estimate of drug-likeness (QED) is 0.908. The van der Waals surface area contributed by atoms with Gasteiger partial charge in [-0.2, -0.15) is 0 Å². The van der Waals surface area contributed by atoms with Gasteiger partial charge in [0.2, 0.25) is 0 Å². The van der Waals surface area contributed by atoms with Gasteiger partial charge in [-0.15, -0.1) is 0 Å². The Labute approximate surface area is 118 Å². The van der Waals surface area contributed by atoms with Crippen molar-refractivity contribution < 1.29 is 9.90 Å². The molecule has 0 aliphatic carbocycles. The van der Waals surface area contributed by atoms with E-state index in [4.69, 9.17) is 5.11 Å². The fraction of sp³-hybridized carbons (Fsp3) is 0.231. The zero-order valence-corrected chi connectivity index (χ0v) is 12.1. The molecule has 0 amide bonds. The average Bonchev–Trinajstić information content (AvgIpc) is 2.60. The van der Waals surface area contributed by atoms with Crippen LogP contribution >= 0.6 is 15.9 Å². The van der Waals surface area contributed by atoms with Crippen LogP contribution in [0.3, 0.4) is 0 Å². The molecule has 2 aromatic rings. The number of carboxylic acid groups (broad SMARTS) is 1. The number of benzene rings is 1. The molecule has 0 atom stereocenters. The van der Waals surface area contributed by atoms with Crippen molar-refractivity contribution in [3.63, 3.8) is 0 Å². The molecule has 2 rings (SSSR count). The summed E-state index contributed by atoms with van der Waals surface area (Å²) < 4.78 is 2.25. The maximum absolute atomic E-state index is 12.2. The summed E-state index contributed by atoms with van der Waals surface area (Å²) >= 11 is 3.41. The minimum atomic E-state index is -1.02. The first-order chi connectivity index (χ1) is 8.90. The Hall–Kier alpha value is -1.82. The fourth-order valence-electron chi connectivity index (χ4n) is 1.84. The summed E-state index contributed by atoms with van der Waals surface area (Å²) in [5.41, 5.74) is 2.26. The molecule has 0 aliphatic heterocycles. The van der Waals surface area contributed by atoms with Gasteiger partial charge in [0.1, 0.15) is 0 Å². The number of halogens is 1. The zero-order valence-electron chi connectivity index (χ0n) is 10.5. The molecular weight excluding hydrogens is 312 g/mol. The Morgan fingerprint density at radius 1 is 1.42 bits per heavy atom. The Morgan fingerprint density at radius 3 is 2.68 bits per heavy atom. The van der Waals surface area contributed by atoms with Crippen molar-refractivity contribution >= 4 is 21.9 Å². The topological polar surface area (TPSA) is 75.1 Å². The molecule has 0 aliphatic rings. The van der Waals surface area contributed by atoms with Gasteiger partial charge in [0, 0.05) is 10.2 Å². The van der Waals surface area contributed by atoms with E-state index >= 15 is 0 Å². The second kappa shape index (κ2) is 5.05. The summed E-state index contributed by atoms with van der Waals surface area (Å²) in [5, 5.41) is 11.7. The summed E-state index contributed by atoms with van der Waals surface area (Å²) in [5.74, 6) is -1.02. The monoisotopic (exact) mass is 324 g/mol. The van der Waals surface area contributed by atoms with Gasteiger partial charge in [-0.05, 0) is 31.5 Å². The van der Waals surface area contributed by atoms with Crippen LogP contribution in [0.2, 0.25) is 0 Å². The molecule has 0 bridgehead atoms. The van der Waals surface area contributed by atoms with E-state index in [-0.39, 0.29) is 17.5 Å². The molecule has 0 spiro atoms. The van der Waals surface area contributed by atoms with Crippen molar-refractivity contribution in [1.29, 1.82) is 0 Å². The number of aryl methyl sites for hydroxylation is 2. The van der Waals surface area contributed by atoms with Crippen LogP contribution in [0.15, 0.2) is 27.5 Å². The molecule has 19 heavy (non-hydrogen) atoms. The molecule has 0 unspecified atom stereocenters. The van der Waals surface area contributed by atoms with Gasteiger partial charge in [-0.25, -0.2) is 4.68 Å². The van der Waals surface area contributed by atoms with Crippen molar-refractivity contribution in [2.24, 2.45) is 0 Å². The van der Waals surface area contributed by atoms with Crippen LogP contribution in [0.1, 0.15) is 16.8 Å². The van der Waals surface area contributed by atoms with E-state index < -0.39 is 5.97 Å². The molecule has 5 nitrogen and oxygen atoms in total. The van der Waals surface area contributed by atoms with Gasteiger partial charge in [-0.3, -0.25) is 14.7 Å². The number of nitrogens with zero attached hydrogens (tertiary/aromatic N) is 1. The molecule has 2 N–H and O–H groups in total. The molecule has 0 saturated heterocycles. The number of rotatable bonds is 3. The average molecular weight is 325 g/mol. The van der Waals surface area contributed by atoms with Crippen LogP contribution in [0.4, 0.5) is 0 Å². The molecule has 6 heteroatoms. The maximum Gasteiger partial charge on any atom is 0.308 e. The number of hydrogen-bond donors (Lipinski definition) is 2. The highest BCUT2D eigenvalue weighted by Crippen LogP contribution is 2.19. The molecule has 1 aromatic heterocycles. The second-order valence-corrected chi connectivity index (χ2v) is 5.21. The van der Waals surface area contributed by atoms with Gasteiger partial charge in [0.25, 0.3) is 5.56 Å². The number of H-pyrrole nitrogens is 1. The lowest BCUT2D eigenvalue weighted by Crippen LogP contribution is -2.19. The zero-order chi connectivity index (χ0) is 14.2. The smallest absolute Gasteiger partial charge is 0.308 e. The SMILES string of the molecule is Cc1ccc(-n2[nH]c(C)c(CC(=O)O)c2=O)cc1Br. The molecular formula is C13H13BrN2O3. The number of aromatic nitrogens is 2. The van der Waals surface area contributed by atoms with Gasteiger partial charge >= 0.3 is 5.97 Å². The fourth-order valence-corrected chi connectivity index (χ4v) is 2.21. The molecule has 0 fully saturated rings.